The third-order valence-corrected chi connectivity index (χ3v) is 6.90. The Morgan fingerprint density at radius 1 is 0.906 bits per heavy atom. The standard InChI is InChI=1S/C26H24N2O4/c29-25(27-19-7-9-22-23(14-19)32-15-31-22)18-10-12-28(13-11-18)26(30)21-8-6-17-5-4-16-2-1-3-20(21)24(16)17/h1-3,6-9,14,18H,4-5,10-13,15H2,(H,27,29). The smallest absolute Gasteiger partial charge is 0.254 e. The van der Waals surface area contributed by atoms with Gasteiger partial charge in [0.05, 0.1) is 0 Å². The van der Waals surface area contributed by atoms with E-state index in [-0.39, 0.29) is 24.5 Å². The second-order valence-corrected chi connectivity index (χ2v) is 8.74. The van der Waals surface area contributed by atoms with Crippen LogP contribution in [0, 0.1) is 5.92 Å². The molecule has 0 saturated carbocycles. The molecule has 2 amide bonds. The number of fused-ring (bicyclic) bond motifs is 1. The maximum atomic E-state index is 13.3. The normalized spacial score (nSPS) is 17.1. The largest absolute Gasteiger partial charge is 0.454 e. The topological polar surface area (TPSA) is 67.9 Å². The van der Waals surface area contributed by atoms with E-state index in [0.717, 1.165) is 23.8 Å². The lowest BCUT2D eigenvalue weighted by Crippen LogP contribution is -2.41. The Hall–Kier alpha value is -3.54. The summed E-state index contributed by atoms with van der Waals surface area (Å²) < 4.78 is 10.7. The fraction of sp³-hybridized carbons (Fsp3) is 0.308. The van der Waals surface area contributed by atoms with Crippen molar-refractivity contribution < 1.29 is 19.1 Å². The van der Waals surface area contributed by atoms with Crippen molar-refractivity contribution in [2.24, 2.45) is 5.92 Å². The van der Waals surface area contributed by atoms with Gasteiger partial charge >= 0.3 is 0 Å². The van der Waals surface area contributed by atoms with Crippen molar-refractivity contribution in [2.75, 3.05) is 25.2 Å². The SMILES string of the molecule is O=C(Nc1ccc2c(c1)OCO2)C1CCN(C(=O)c2ccc3c4c(cccc24)CC3)CC1. The van der Waals surface area contributed by atoms with E-state index in [1.165, 1.54) is 16.5 Å². The summed E-state index contributed by atoms with van der Waals surface area (Å²) in [4.78, 5) is 28.0. The van der Waals surface area contributed by atoms with Gasteiger partial charge in [-0.15, -0.1) is 0 Å². The summed E-state index contributed by atoms with van der Waals surface area (Å²) in [5.74, 6) is 1.28. The van der Waals surface area contributed by atoms with Gasteiger partial charge < -0.3 is 19.7 Å². The number of piperidine rings is 1. The maximum Gasteiger partial charge on any atom is 0.254 e. The summed E-state index contributed by atoms with van der Waals surface area (Å²) in [5, 5.41) is 5.30. The van der Waals surface area contributed by atoms with Gasteiger partial charge in [-0.05, 0) is 65.8 Å². The summed E-state index contributed by atoms with van der Waals surface area (Å²) >= 11 is 0. The first kappa shape index (κ1) is 19.2. The summed E-state index contributed by atoms with van der Waals surface area (Å²) in [7, 11) is 0. The number of aryl methyl sites for hydroxylation is 2. The molecule has 1 aliphatic carbocycles. The average molecular weight is 428 g/mol. The fourth-order valence-corrected chi connectivity index (χ4v) is 5.17. The van der Waals surface area contributed by atoms with Gasteiger partial charge in [0, 0.05) is 36.3 Å². The fourth-order valence-electron chi connectivity index (χ4n) is 5.17. The van der Waals surface area contributed by atoms with Crippen molar-refractivity contribution >= 4 is 28.3 Å². The summed E-state index contributed by atoms with van der Waals surface area (Å²) in [6.45, 7) is 1.38. The molecule has 32 heavy (non-hydrogen) atoms. The van der Waals surface area contributed by atoms with Crippen LogP contribution in [0.15, 0.2) is 48.5 Å². The van der Waals surface area contributed by atoms with E-state index in [9.17, 15) is 9.59 Å². The van der Waals surface area contributed by atoms with E-state index >= 15 is 0 Å². The zero-order valence-corrected chi connectivity index (χ0v) is 17.7. The number of anilines is 1. The van der Waals surface area contributed by atoms with Crippen LogP contribution in [0.25, 0.3) is 10.8 Å². The number of benzene rings is 3. The molecule has 1 saturated heterocycles. The molecule has 3 aromatic rings. The van der Waals surface area contributed by atoms with Crippen LogP contribution in [-0.4, -0.2) is 36.6 Å². The molecule has 6 heteroatoms. The third-order valence-electron chi connectivity index (χ3n) is 6.90. The maximum absolute atomic E-state index is 13.3. The molecule has 3 aromatic carbocycles. The van der Waals surface area contributed by atoms with E-state index in [0.29, 0.717) is 43.1 Å². The van der Waals surface area contributed by atoms with Gasteiger partial charge in [0.15, 0.2) is 11.5 Å². The molecule has 6 rings (SSSR count). The van der Waals surface area contributed by atoms with E-state index in [1.54, 1.807) is 12.1 Å². The predicted molar refractivity (Wildman–Crippen MR) is 121 cm³/mol. The number of ether oxygens (including phenoxy) is 2. The Balaban J connectivity index is 1.13. The molecule has 6 nitrogen and oxygen atoms in total. The molecule has 162 valence electrons. The zero-order chi connectivity index (χ0) is 21.7. The van der Waals surface area contributed by atoms with Crippen molar-refractivity contribution in [3.8, 4) is 11.5 Å². The Morgan fingerprint density at radius 3 is 2.53 bits per heavy atom. The third kappa shape index (κ3) is 3.18. The van der Waals surface area contributed by atoms with Crippen LogP contribution in [-0.2, 0) is 17.6 Å². The first-order valence-corrected chi connectivity index (χ1v) is 11.2. The number of likely N-dealkylation sites (tertiary alicyclic amines) is 1. The van der Waals surface area contributed by atoms with E-state index in [2.05, 4.69) is 29.6 Å². The van der Waals surface area contributed by atoms with Crippen LogP contribution in [0.4, 0.5) is 5.69 Å². The first-order chi connectivity index (χ1) is 15.7. The number of amides is 2. The number of nitrogens with one attached hydrogen (secondary N) is 1. The van der Waals surface area contributed by atoms with Gasteiger partial charge in [-0.1, -0.05) is 24.3 Å². The van der Waals surface area contributed by atoms with Crippen molar-refractivity contribution in [3.63, 3.8) is 0 Å². The average Bonchev–Trinajstić information content (AvgIpc) is 3.47. The number of carbonyl (C=O) groups excluding carboxylic acids is 2. The van der Waals surface area contributed by atoms with Crippen LogP contribution >= 0.6 is 0 Å². The lowest BCUT2D eigenvalue weighted by molar-refractivity contribution is -0.121. The molecular formula is C26H24N2O4. The zero-order valence-electron chi connectivity index (χ0n) is 17.7. The highest BCUT2D eigenvalue weighted by Crippen LogP contribution is 2.35. The molecule has 3 aliphatic rings. The van der Waals surface area contributed by atoms with Gasteiger partial charge in [0.25, 0.3) is 5.91 Å². The Bertz CT molecular complexity index is 1230. The molecule has 0 bridgehead atoms. The summed E-state index contributed by atoms with van der Waals surface area (Å²) in [6.07, 6.45) is 3.41. The van der Waals surface area contributed by atoms with Crippen LogP contribution in [0.5, 0.6) is 11.5 Å². The molecule has 0 aromatic heterocycles. The number of hydrogen-bond acceptors (Lipinski definition) is 4. The molecule has 0 atom stereocenters. The van der Waals surface area contributed by atoms with Crippen LogP contribution in [0.3, 0.4) is 0 Å². The Morgan fingerprint density at radius 2 is 1.69 bits per heavy atom. The molecule has 1 N–H and O–H groups in total. The minimum Gasteiger partial charge on any atom is -0.454 e. The summed E-state index contributed by atoms with van der Waals surface area (Å²) in [6, 6.07) is 15.8. The molecule has 0 unspecified atom stereocenters. The second-order valence-electron chi connectivity index (χ2n) is 8.74. The molecule has 2 aliphatic heterocycles. The van der Waals surface area contributed by atoms with Gasteiger partial charge in [0.2, 0.25) is 12.7 Å². The highest BCUT2D eigenvalue weighted by atomic mass is 16.7. The minimum absolute atomic E-state index is 0.0127. The van der Waals surface area contributed by atoms with E-state index < -0.39 is 0 Å². The van der Waals surface area contributed by atoms with Crippen molar-refractivity contribution in [3.05, 3.63) is 65.2 Å². The van der Waals surface area contributed by atoms with Crippen molar-refractivity contribution in [1.29, 1.82) is 0 Å². The monoisotopic (exact) mass is 428 g/mol. The lowest BCUT2D eigenvalue weighted by atomic mass is 9.94. The number of hydrogen-bond donors (Lipinski definition) is 1. The highest BCUT2D eigenvalue weighted by Gasteiger charge is 2.29. The van der Waals surface area contributed by atoms with E-state index in [1.807, 2.05) is 17.0 Å². The molecule has 0 radical (unpaired) electrons. The van der Waals surface area contributed by atoms with Crippen molar-refractivity contribution in [1.82, 2.24) is 4.90 Å². The van der Waals surface area contributed by atoms with Crippen LogP contribution in [0.1, 0.15) is 34.3 Å². The lowest BCUT2D eigenvalue weighted by Gasteiger charge is -2.31. The molecular weight excluding hydrogens is 404 g/mol. The molecule has 2 heterocycles. The van der Waals surface area contributed by atoms with Crippen LogP contribution < -0.4 is 14.8 Å². The molecule has 1 fully saturated rings. The first-order valence-electron chi connectivity index (χ1n) is 11.2. The Labute approximate surface area is 186 Å². The van der Waals surface area contributed by atoms with Crippen LogP contribution in [0.2, 0.25) is 0 Å². The molecule has 0 spiro atoms. The van der Waals surface area contributed by atoms with E-state index in [4.69, 9.17) is 9.47 Å². The van der Waals surface area contributed by atoms with Gasteiger partial charge in [-0.2, -0.15) is 0 Å². The number of nitrogens with zero attached hydrogens (tertiary/aromatic N) is 1. The van der Waals surface area contributed by atoms with Gasteiger partial charge in [0.1, 0.15) is 0 Å². The van der Waals surface area contributed by atoms with Gasteiger partial charge in [-0.25, -0.2) is 0 Å². The predicted octanol–water partition coefficient (Wildman–Crippen LogP) is 4.16. The Kier molecular flexibility index (Phi) is 4.52. The summed E-state index contributed by atoms with van der Waals surface area (Å²) in [5.41, 5.74) is 4.15. The minimum atomic E-state index is -0.114. The highest BCUT2D eigenvalue weighted by molar-refractivity contribution is 6.09. The van der Waals surface area contributed by atoms with Crippen molar-refractivity contribution in [2.45, 2.75) is 25.7 Å². The second kappa shape index (κ2) is 7.55. The quantitative estimate of drug-likeness (QED) is 0.680. The number of carbonyl (C=O) groups is 2. The van der Waals surface area contributed by atoms with Gasteiger partial charge in [-0.3, -0.25) is 9.59 Å². The number of rotatable bonds is 3.